The van der Waals surface area contributed by atoms with Gasteiger partial charge in [-0.1, -0.05) is 17.7 Å². The first kappa shape index (κ1) is 16.1. The Labute approximate surface area is 151 Å². The molecule has 1 N–H and O–H groups in total. The molecule has 0 aliphatic carbocycles. The van der Waals surface area contributed by atoms with Gasteiger partial charge in [0.2, 0.25) is 12.7 Å². The maximum absolute atomic E-state index is 12.4. The van der Waals surface area contributed by atoms with E-state index in [0.717, 1.165) is 47.2 Å². The van der Waals surface area contributed by atoms with E-state index in [4.69, 9.17) is 21.1 Å². The standard InChI is InChI=1S/C19H19ClN2O3/c20-15-4-5-16-14(9-15)2-1-7-22(16)11-19(23)21-10-13-3-6-17-18(8-13)25-12-24-17/h3-6,8-9H,1-2,7,10-12H2,(H,21,23). The van der Waals surface area contributed by atoms with Crippen molar-refractivity contribution in [3.05, 3.63) is 52.5 Å². The number of ether oxygens (including phenoxy) is 2. The van der Waals surface area contributed by atoms with Gasteiger partial charge in [0.25, 0.3) is 0 Å². The van der Waals surface area contributed by atoms with Crippen molar-refractivity contribution in [3.8, 4) is 11.5 Å². The molecule has 0 unspecified atom stereocenters. The van der Waals surface area contributed by atoms with Crippen LogP contribution >= 0.6 is 11.6 Å². The van der Waals surface area contributed by atoms with Crippen LogP contribution in [0.25, 0.3) is 0 Å². The predicted octanol–water partition coefficient (Wildman–Crippen LogP) is 3.14. The van der Waals surface area contributed by atoms with Crippen LogP contribution in [0.3, 0.4) is 0 Å². The van der Waals surface area contributed by atoms with Crippen LogP contribution in [0.5, 0.6) is 11.5 Å². The molecule has 2 aliphatic heterocycles. The van der Waals surface area contributed by atoms with E-state index in [1.165, 1.54) is 5.56 Å². The van der Waals surface area contributed by atoms with E-state index in [-0.39, 0.29) is 12.7 Å². The van der Waals surface area contributed by atoms with E-state index in [0.29, 0.717) is 13.1 Å². The lowest BCUT2D eigenvalue weighted by molar-refractivity contribution is -0.119. The maximum atomic E-state index is 12.4. The number of carbonyl (C=O) groups is 1. The summed E-state index contributed by atoms with van der Waals surface area (Å²) in [5, 5.41) is 3.72. The number of anilines is 1. The van der Waals surface area contributed by atoms with E-state index in [2.05, 4.69) is 10.2 Å². The van der Waals surface area contributed by atoms with Crippen molar-refractivity contribution in [1.29, 1.82) is 0 Å². The van der Waals surface area contributed by atoms with Crippen LogP contribution in [0.1, 0.15) is 17.5 Å². The monoisotopic (exact) mass is 358 g/mol. The average molecular weight is 359 g/mol. The number of benzene rings is 2. The Morgan fingerprint density at radius 3 is 2.96 bits per heavy atom. The Balaban J connectivity index is 1.37. The van der Waals surface area contributed by atoms with Gasteiger partial charge in [-0.05, 0) is 54.3 Å². The molecule has 0 bridgehead atoms. The molecule has 130 valence electrons. The summed E-state index contributed by atoms with van der Waals surface area (Å²) in [6.07, 6.45) is 2.04. The second-order valence-corrected chi connectivity index (χ2v) is 6.70. The van der Waals surface area contributed by atoms with Gasteiger partial charge in [0.15, 0.2) is 11.5 Å². The summed E-state index contributed by atoms with van der Waals surface area (Å²) >= 11 is 6.07. The second-order valence-electron chi connectivity index (χ2n) is 6.26. The first-order chi connectivity index (χ1) is 12.2. The topological polar surface area (TPSA) is 50.8 Å². The number of fused-ring (bicyclic) bond motifs is 2. The van der Waals surface area contributed by atoms with Crippen LogP contribution in [0.2, 0.25) is 5.02 Å². The van der Waals surface area contributed by atoms with Crippen molar-refractivity contribution in [2.45, 2.75) is 19.4 Å². The highest BCUT2D eigenvalue weighted by molar-refractivity contribution is 6.30. The molecule has 25 heavy (non-hydrogen) atoms. The van der Waals surface area contributed by atoms with E-state index in [1.54, 1.807) is 0 Å². The molecule has 2 aromatic rings. The van der Waals surface area contributed by atoms with Gasteiger partial charge < -0.3 is 19.7 Å². The van der Waals surface area contributed by atoms with Crippen molar-refractivity contribution in [1.82, 2.24) is 5.32 Å². The minimum Gasteiger partial charge on any atom is -0.454 e. The van der Waals surface area contributed by atoms with Gasteiger partial charge in [-0.2, -0.15) is 0 Å². The van der Waals surface area contributed by atoms with Gasteiger partial charge in [0.05, 0.1) is 6.54 Å². The molecule has 0 spiro atoms. The lowest BCUT2D eigenvalue weighted by Gasteiger charge is -2.30. The predicted molar refractivity (Wildman–Crippen MR) is 96.4 cm³/mol. The molecule has 0 saturated heterocycles. The fraction of sp³-hybridized carbons (Fsp3) is 0.316. The second kappa shape index (κ2) is 6.84. The third-order valence-corrected chi connectivity index (χ3v) is 4.75. The zero-order valence-electron chi connectivity index (χ0n) is 13.8. The zero-order chi connectivity index (χ0) is 17.2. The summed E-state index contributed by atoms with van der Waals surface area (Å²) in [5.74, 6) is 1.48. The van der Waals surface area contributed by atoms with Gasteiger partial charge in [0.1, 0.15) is 0 Å². The van der Waals surface area contributed by atoms with Gasteiger partial charge in [-0.25, -0.2) is 0 Å². The Hall–Kier alpha value is -2.40. The molecule has 4 rings (SSSR count). The Kier molecular flexibility index (Phi) is 4.40. The van der Waals surface area contributed by atoms with Crippen LogP contribution < -0.4 is 19.7 Å². The number of halogens is 1. The Morgan fingerprint density at radius 2 is 2.04 bits per heavy atom. The number of nitrogens with zero attached hydrogens (tertiary/aromatic N) is 1. The van der Waals surface area contributed by atoms with Crippen LogP contribution in [-0.2, 0) is 17.8 Å². The Bertz CT molecular complexity index is 809. The quantitative estimate of drug-likeness (QED) is 0.912. The van der Waals surface area contributed by atoms with E-state index in [9.17, 15) is 4.79 Å². The number of carbonyl (C=O) groups excluding carboxylic acids is 1. The summed E-state index contributed by atoms with van der Waals surface area (Å²) in [6, 6.07) is 11.6. The van der Waals surface area contributed by atoms with E-state index < -0.39 is 0 Å². The van der Waals surface area contributed by atoms with Crippen molar-refractivity contribution >= 4 is 23.2 Å². The molecule has 6 heteroatoms. The summed E-state index contributed by atoms with van der Waals surface area (Å²) in [7, 11) is 0. The van der Waals surface area contributed by atoms with Crippen LogP contribution in [0, 0.1) is 0 Å². The SMILES string of the molecule is O=C(CN1CCCc2cc(Cl)ccc21)NCc1ccc2c(c1)OCO2. The zero-order valence-corrected chi connectivity index (χ0v) is 14.5. The molecular weight excluding hydrogens is 340 g/mol. The summed E-state index contributed by atoms with van der Waals surface area (Å²) < 4.78 is 10.7. The molecule has 2 aliphatic rings. The molecule has 0 atom stereocenters. The van der Waals surface area contributed by atoms with Crippen LogP contribution in [0.4, 0.5) is 5.69 Å². The van der Waals surface area contributed by atoms with Crippen LogP contribution in [-0.4, -0.2) is 25.8 Å². The lowest BCUT2D eigenvalue weighted by atomic mass is 10.0. The van der Waals surface area contributed by atoms with E-state index >= 15 is 0 Å². The van der Waals surface area contributed by atoms with Crippen molar-refractivity contribution in [2.24, 2.45) is 0 Å². The van der Waals surface area contributed by atoms with Gasteiger partial charge >= 0.3 is 0 Å². The third kappa shape index (κ3) is 3.51. The summed E-state index contributed by atoms with van der Waals surface area (Å²) in [6.45, 7) is 1.95. The van der Waals surface area contributed by atoms with Gasteiger partial charge in [-0.3, -0.25) is 4.79 Å². The molecule has 0 aromatic heterocycles. The third-order valence-electron chi connectivity index (χ3n) is 4.52. The first-order valence-corrected chi connectivity index (χ1v) is 8.75. The normalized spacial score (nSPS) is 15.0. The molecule has 2 heterocycles. The number of rotatable bonds is 4. The number of amides is 1. The molecule has 0 saturated carbocycles. The fourth-order valence-electron chi connectivity index (χ4n) is 3.29. The minimum atomic E-state index is 0.000432. The average Bonchev–Trinajstić information content (AvgIpc) is 3.07. The van der Waals surface area contributed by atoms with Crippen molar-refractivity contribution in [3.63, 3.8) is 0 Å². The van der Waals surface area contributed by atoms with Gasteiger partial charge in [-0.15, -0.1) is 0 Å². The molecule has 5 nitrogen and oxygen atoms in total. The highest BCUT2D eigenvalue weighted by atomic mass is 35.5. The lowest BCUT2D eigenvalue weighted by Crippen LogP contribution is -2.39. The van der Waals surface area contributed by atoms with Crippen LogP contribution in [0.15, 0.2) is 36.4 Å². The first-order valence-electron chi connectivity index (χ1n) is 8.38. The van der Waals surface area contributed by atoms with Crippen molar-refractivity contribution in [2.75, 3.05) is 24.8 Å². The number of aryl methyl sites for hydroxylation is 1. The molecule has 0 radical (unpaired) electrons. The van der Waals surface area contributed by atoms with Gasteiger partial charge in [0, 0.05) is 23.8 Å². The molecule has 1 amide bonds. The number of hydrogen-bond donors (Lipinski definition) is 1. The van der Waals surface area contributed by atoms with Crippen molar-refractivity contribution < 1.29 is 14.3 Å². The fourth-order valence-corrected chi connectivity index (χ4v) is 3.48. The molecule has 2 aromatic carbocycles. The number of hydrogen-bond acceptors (Lipinski definition) is 4. The highest BCUT2D eigenvalue weighted by Crippen LogP contribution is 2.32. The summed E-state index contributed by atoms with van der Waals surface area (Å²) in [5.41, 5.74) is 3.31. The smallest absolute Gasteiger partial charge is 0.239 e. The maximum Gasteiger partial charge on any atom is 0.239 e. The molecule has 0 fully saturated rings. The largest absolute Gasteiger partial charge is 0.454 e. The molecular formula is C19H19ClN2O3. The number of nitrogens with one attached hydrogen (secondary N) is 1. The Morgan fingerprint density at radius 1 is 1.16 bits per heavy atom. The van der Waals surface area contributed by atoms with E-state index in [1.807, 2.05) is 36.4 Å². The minimum absolute atomic E-state index is 0.000432. The highest BCUT2D eigenvalue weighted by Gasteiger charge is 2.19. The summed E-state index contributed by atoms with van der Waals surface area (Å²) in [4.78, 5) is 14.5.